The van der Waals surface area contributed by atoms with Gasteiger partial charge in [-0.2, -0.15) is 0 Å². The number of para-hydroxylation sites is 1. The van der Waals surface area contributed by atoms with Crippen LogP contribution in [0.4, 0.5) is 5.69 Å². The molecule has 0 atom stereocenters. The Labute approximate surface area is 155 Å². The second-order valence-electron chi connectivity index (χ2n) is 7.41. The highest BCUT2D eigenvalue weighted by Gasteiger charge is 2.36. The maximum absolute atomic E-state index is 13.0. The molecule has 1 aliphatic rings. The Morgan fingerprint density at radius 3 is 2.04 bits per heavy atom. The SMILES string of the molecule is CC(C)(C(=O)N1CCC(C(=O)Nc2ccccc2)CC1)c1ccccc1. The molecule has 0 aliphatic carbocycles. The van der Waals surface area contributed by atoms with Crippen LogP contribution >= 0.6 is 0 Å². The Kier molecular flexibility index (Phi) is 5.40. The first kappa shape index (κ1) is 18.2. The van der Waals surface area contributed by atoms with Crippen molar-refractivity contribution < 1.29 is 9.59 Å². The lowest BCUT2D eigenvalue weighted by molar-refractivity contribution is -0.139. The van der Waals surface area contributed by atoms with Gasteiger partial charge in [0.05, 0.1) is 5.41 Å². The smallest absolute Gasteiger partial charge is 0.232 e. The van der Waals surface area contributed by atoms with Crippen LogP contribution < -0.4 is 5.32 Å². The molecule has 4 nitrogen and oxygen atoms in total. The Morgan fingerprint density at radius 1 is 0.923 bits per heavy atom. The van der Waals surface area contributed by atoms with Crippen LogP contribution in [-0.2, 0) is 15.0 Å². The van der Waals surface area contributed by atoms with Crippen molar-refractivity contribution in [3.05, 3.63) is 66.2 Å². The number of piperidine rings is 1. The van der Waals surface area contributed by atoms with E-state index in [4.69, 9.17) is 0 Å². The molecule has 0 bridgehead atoms. The first-order valence-electron chi connectivity index (χ1n) is 9.19. The second-order valence-corrected chi connectivity index (χ2v) is 7.41. The van der Waals surface area contributed by atoms with Crippen LogP contribution in [0.1, 0.15) is 32.3 Å². The van der Waals surface area contributed by atoms with Crippen LogP contribution in [0.15, 0.2) is 60.7 Å². The molecule has 3 rings (SSSR count). The van der Waals surface area contributed by atoms with E-state index in [1.54, 1.807) is 0 Å². The molecule has 1 fully saturated rings. The quantitative estimate of drug-likeness (QED) is 0.911. The zero-order valence-corrected chi connectivity index (χ0v) is 15.4. The van der Waals surface area contributed by atoms with E-state index in [2.05, 4.69) is 5.32 Å². The predicted octanol–water partition coefficient (Wildman–Crippen LogP) is 3.84. The van der Waals surface area contributed by atoms with Gasteiger partial charge >= 0.3 is 0 Å². The first-order valence-corrected chi connectivity index (χ1v) is 9.19. The molecular weight excluding hydrogens is 324 g/mol. The van der Waals surface area contributed by atoms with E-state index < -0.39 is 5.41 Å². The van der Waals surface area contributed by atoms with Gasteiger partial charge in [-0.25, -0.2) is 0 Å². The molecule has 26 heavy (non-hydrogen) atoms. The normalized spacial score (nSPS) is 15.5. The Balaban J connectivity index is 1.58. The fourth-order valence-corrected chi connectivity index (χ4v) is 3.48. The molecule has 2 aromatic rings. The summed E-state index contributed by atoms with van der Waals surface area (Å²) >= 11 is 0. The molecule has 1 N–H and O–H groups in total. The van der Waals surface area contributed by atoms with Crippen LogP contribution in [0.3, 0.4) is 0 Å². The maximum Gasteiger partial charge on any atom is 0.232 e. The standard InChI is InChI=1S/C22H26N2O2/c1-22(2,18-9-5-3-6-10-18)21(26)24-15-13-17(14-16-24)20(25)23-19-11-7-4-8-12-19/h3-12,17H,13-16H2,1-2H3,(H,23,25). The van der Waals surface area contributed by atoms with Crippen LogP contribution in [0, 0.1) is 5.92 Å². The third-order valence-electron chi connectivity index (χ3n) is 5.22. The third kappa shape index (κ3) is 3.96. The summed E-state index contributed by atoms with van der Waals surface area (Å²) in [6, 6.07) is 19.4. The summed E-state index contributed by atoms with van der Waals surface area (Å²) in [5.74, 6) is 0.135. The molecular formula is C22H26N2O2. The summed E-state index contributed by atoms with van der Waals surface area (Å²) in [7, 11) is 0. The summed E-state index contributed by atoms with van der Waals surface area (Å²) in [6.07, 6.45) is 1.41. The highest BCUT2D eigenvalue weighted by molar-refractivity contribution is 5.93. The number of nitrogens with one attached hydrogen (secondary N) is 1. The highest BCUT2D eigenvalue weighted by Crippen LogP contribution is 2.28. The molecule has 0 saturated carbocycles. The molecule has 4 heteroatoms. The minimum Gasteiger partial charge on any atom is -0.342 e. The maximum atomic E-state index is 13.0. The van der Waals surface area contributed by atoms with Crippen molar-refractivity contribution in [1.82, 2.24) is 4.90 Å². The van der Waals surface area contributed by atoms with Crippen LogP contribution in [0.25, 0.3) is 0 Å². The van der Waals surface area contributed by atoms with Gasteiger partial charge in [-0.15, -0.1) is 0 Å². The van der Waals surface area contributed by atoms with Gasteiger partial charge in [0.2, 0.25) is 11.8 Å². The second kappa shape index (κ2) is 7.73. The Bertz CT molecular complexity index is 748. The van der Waals surface area contributed by atoms with Crippen molar-refractivity contribution in [3.8, 4) is 0 Å². The van der Waals surface area contributed by atoms with E-state index in [9.17, 15) is 9.59 Å². The lowest BCUT2D eigenvalue weighted by Gasteiger charge is -2.36. The first-order chi connectivity index (χ1) is 12.5. The summed E-state index contributed by atoms with van der Waals surface area (Å²) in [4.78, 5) is 27.4. The van der Waals surface area contributed by atoms with E-state index in [0.717, 1.165) is 11.3 Å². The van der Waals surface area contributed by atoms with Gasteiger partial charge in [0.1, 0.15) is 0 Å². The topological polar surface area (TPSA) is 49.4 Å². The van der Waals surface area contributed by atoms with Crippen molar-refractivity contribution in [2.75, 3.05) is 18.4 Å². The fraction of sp³-hybridized carbons (Fsp3) is 0.364. The summed E-state index contributed by atoms with van der Waals surface area (Å²) < 4.78 is 0. The highest BCUT2D eigenvalue weighted by atomic mass is 16.2. The number of amides is 2. The largest absolute Gasteiger partial charge is 0.342 e. The molecule has 0 radical (unpaired) electrons. The number of rotatable bonds is 4. The molecule has 1 aliphatic heterocycles. The number of benzene rings is 2. The predicted molar refractivity (Wildman–Crippen MR) is 104 cm³/mol. The van der Waals surface area contributed by atoms with Crippen molar-refractivity contribution >= 4 is 17.5 Å². The third-order valence-corrected chi connectivity index (χ3v) is 5.22. The van der Waals surface area contributed by atoms with Crippen LogP contribution in [-0.4, -0.2) is 29.8 Å². The monoisotopic (exact) mass is 350 g/mol. The lowest BCUT2D eigenvalue weighted by atomic mass is 9.82. The zero-order valence-electron chi connectivity index (χ0n) is 15.4. The Hall–Kier alpha value is -2.62. The molecule has 0 aromatic heterocycles. The number of hydrogen-bond donors (Lipinski definition) is 1. The van der Waals surface area contributed by atoms with Crippen molar-refractivity contribution in [3.63, 3.8) is 0 Å². The molecule has 1 heterocycles. The number of nitrogens with zero attached hydrogens (tertiary/aromatic N) is 1. The number of anilines is 1. The van der Waals surface area contributed by atoms with Crippen molar-refractivity contribution in [1.29, 1.82) is 0 Å². The number of carbonyl (C=O) groups excluding carboxylic acids is 2. The molecule has 2 aromatic carbocycles. The summed E-state index contributed by atoms with van der Waals surface area (Å²) in [5.41, 5.74) is 1.29. The molecule has 2 amide bonds. The van der Waals surface area contributed by atoms with Gasteiger partial charge in [-0.3, -0.25) is 9.59 Å². The number of likely N-dealkylation sites (tertiary alicyclic amines) is 1. The molecule has 0 unspecified atom stereocenters. The zero-order chi connectivity index (χ0) is 18.6. The van der Waals surface area contributed by atoms with Gasteiger partial charge in [-0.05, 0) is 44.4 Å². The fourth-order valence-electron chi connectivity index (χ4n) is 3.48. The lowest BCUT2D eigenvalue weighted by Crippen LogP contribution is -2.48. The number of carbonyl (C=O) groups is 2. The van der Waals surface area contributed by atoms with Crippen molar-refractivity contribution in [2.24, 2.45) is 5.92 Å². The van der Waals surface area contributed by atoms with Gasteiger partial charge in [0, 0.05) is 24.7 Å². The number of hydrogen-bond acceptors (Lipinski definition) is 2. The van der Waals surface area contributed by atoms with Crippen molar-refractivity contribution in [2.45, 2.75) is 32.1 Å². The summed E-state index contributed by atoms with van der Waals surface area (Å²) in [6.45, 7) is 5.20. The van der Waals surface area contributed by atoms with E-state index in [-0.39, 0.29) is 17.7 Å². The minimum atomic E-state index is -0.555. The van der Waals surface area contributed by atoms with E-state index in [1.165, 1.54) is 0 Å². The summed E-state index contributed by atoms with van der Waals surface area (Å²) in [5, 5.41) is 2.97. The molecule has 0 spiro atoms. The van der Waals surface area contributed by atoms with E-state index in [1.807, 2.05) is 79.4 Å². The average molecular weight is 350 g/mol. The minimum absolute atomic E-state index is 0.0425. The van der Waals surface area contributed by atoms with Gasteiger partial charge < -0.3 is 10.2 Å². The van der Waals surface area contributed by atoms with E-state index in [0.29, 0.717) is 25.9 Å². The Morgan fingerprint density at radius 2 is 1.46 bits per heavy atom. The average Bonchev–Trinajstić information content (AvgIpc) is 2.69. The molecule has 136 valence electrons. The van der Waals surface area contributed by atoms with E-state index >= 15 is 0 Å². The van der Waals surface area contributed by atoms with Gasteiger partial charge in [-0.1, -0.05) is 48.5 Å². The van der Waals surface area contributed by atoms with Crippen LogP contribution in [0.5, 0.6) is 0 Å². The van der Waals surface area contributed by atoms with Gasteiger partial charge in [0.15, 0.2) is 0 Å². The molecule has 1 saturated heterocycles. The van der Waals surface area contributed by atoms with Gasteiger partial charge in [0.25, 0.3) is 0 Å². The van der Waals surface area contributed by atoms with Crippen LogP contribution in [0.2, 0.25) is 0 Å².